The summed E-state index contributed by atoms with van der Waals surface area (Å²) in [5.74, 6) is -1.16. The molecule has 0 saturated carbocycles. The second-order valence-electron chi connectivity index (χ2n) is 7.74. The van der Waals surface area contributed by atoms with E-state index in [0.29, 0.717) is 0 Å². The number of esters is 1. The smallest absolute Gasteiger partial charge is 0.402 e. The van der Waals surface area contributed by atoms with Gasteiger partial charge < -0.3 is 4.74 Å². The van der Waals surface area contributed by atoms with Gasteiger partial charge in [-0.05, 0) is 57.7 Å². The number of hydrogen-bond donors (Lipinski definition) is 1. The summed E-state index contributed by atoms with van der Waals surface area (Å²) < 4.78 is 58.1. The van der Waals surface area contributed by atoms with E-state index >= 15 is 0 Å². The van der Waals surface area contributed by atoms with E-state index in [1.54, 1.807) is 0 Å². The Hall–Kier alpha value is -1.85. The van der Waals surface area contributed by atoms with Gasteiger partial charge in [-0.1, -0.05) is 69.8 Å². The molecular weight excluding hydrogens is 541 g/mol. The van der Waals surface area contributed by atoms with Gasteiger partial charge in [-0.3, -0.25) is 4.55 Å². The fraction of sp³-hybridized carbons (Fsp3) is 0.318. The summed E-state index contributed by atoms with van der Waals surface area (Å²) in [6, 6.07) is 17.3. The van der Waals surface area contributed by atoms with Crippen molar-refractivity contribution < 1.29 is 31.3 Å². The molecule has 170 valence electrons. The topological polar surface area (TPSA) is 80.7 Å². The molecular formula is C22H25F2IO5S. The highest BCUT2D eigenvalue weighted by molar-refractivity contribution is 14.1. The molecule has 9 heteroatoms. The fourth-order valence-electron chi connectivity index (χ4n) is 2.40. The van der Waals surface area contributed by atoms with Crippen LogP contribution < -0.4 is 0 Å². The van der Waals surface area contributed by atoms with E-state index < -0.39 is 27.9 Å². The van der Waals surface area contributed by atoms with Crippen molar-refractivity contribution in [3.05, 3.63) is 69.8 Å². The van der Waals surface area contributed by atoms with Crippen LogP contribution in [0.25, 0.3) is 11.1 Å². The third kappa shape index (κ3) is 7.97. The molecule has 31 heavy (non-hydrogen) atoms. The molecule has 0 saturated heterocycles. The van der Waals surface area contributed by atoms with Crippen LogP contribution in [-0.2, 0) is 25.1 Å². The molecule has 1 N–H and O–H groups in total. The van der Waals surface area contributed by atoms with Crippen molar-refractivity contribution in [3.63, 3.8) is 0 Å². The van der Waals surface area contributed by atoms with Gasteiger partial charge in [0.05, 0.1) is 0 Å². The first-order valence-electron chi connectivity index (χ1n) is 9.10. The van der Waals surface area contributed by atoms with Crippen LogP contribution in [-0.4, -0.2) is 30.8 Å². The number of rotatable bonds is 5. The number of ether oxygens (including phenoxy) is 1. The van der Waals surface area contributed by atoms with Crippen molar-refractivity contribution in [3.8, 4) is 11.1 Å². The summed E-state index contributed by atoms with van der Waals surface area (Å²) in [7, 11) is -5.56. The van der Waals surface area contributed by atoms with E-state index in [1.165, 1.54) is 27.2 Å². The molecule has 0 radical (unpaired) electrons. The normalized spacial score (nSPS) is 11.9. The molecule has 0 unspecified atom stereocenters. The first-order chi connectivity index (χ1) is 14.1. The van der Waals surface area contributed by atoms with Gasteiger partial charge in [-0.2, -0.15) is 17.2 Å². The Morgan fingerprint density at radius 2 is 1.55 bits per heavy atom. The van der Waals surface area contributed by atoms with E-state index in [2.05, 4.69) is 103 Å². The highest BCUT2D eigenvalue weighted by Gasteiger charge is 2.45. The Balaban J connectivity index is 0.000000318. The zero-order valence-corrected chi connectivity index (χ0v) is 20.6. The van der Waals surface area contributed by atoms with Crippen LogP contribution in [0.5, 0.6) is 0 Å². The largest absolute Gasteiger partial charge is 0.455 e. The first kappa shape index (κ1) is 27.2. The van der Waals surface area contributed by atoms with Crippen LogP contribution in [0.3, 0.4) is 0 Å². The lowest BCUT2D eigenvalue weighted by Crippen LogP contribution is -2.34. The van der Waals surface area contributed by atoms with Gasteiger partial charge in [-0.25, -0.2) is 4.79 Å². The van der Waals surface area contributed by atoms with Crippen molar-refractivity contribution in [2.45, 2.75) is 38.4 Å². The Labute approximate surface area is 195 Å². The van der Waals surface area contributed by atoms with Crippen molar-refractivity contribution in [1.82, 2.24) is 0 Å². The van der Waals surface area contributed by atoms with Crippen molar-refractivity contribution in [2.24, 2.45) is 0 Å². The van der Waals surface area contributed by atoms with Crippen LogP contribution in [0.15, 0.2) is 60.7 Å². The zero-order valence-electron chi connectivity index (χ0n) is 17.7. The number of hydrogen-bond acceptors (Lipinski definition) is 4. The predicted octanol–water partition coefficient (Wildman–Crippen LogP) is 5.84. The lowest BCUT2D eigenvalue weighted by molar-refractivity contribution is -0.144. The number of benzene rings is 2. The number of carbonyl (C=O) groups excluding carboxylic acids is 1. The highest BCUT2D eigenvalue weighted by Crippen LogP contribution is 2.34. The highest BCUT2D eigenvalue weighted by atomic mass is 127. The van der Waals surface area contributed by atoms with Crippen molar-refractivity contribution >= 4 is 38.7 Å². The Kier molecular flexibility index (Phi) is 9.33. The van der Waals surface area contributed by atoms with Gasteiger partial charge in [0.1, 0.15) is 0 Å². The standard InChI is InChI=1S/C16H17I.C6H8F2O5S/c1-16(2,3)14-10-6-4-8-12(14)13-9-5-7-11-15(13)17;1-4(2)5(9)13-3-6(7,8)14(10,11)12/h4-11H,1-3H3;1,3H2,2H3,(H,10,11,12). The minimum atomic E-state index is -5.56. The molecule has 0 heterocycles. The Morgan fingerprint density at radius 3 is 2.00 bits per heavy atom. The summed E-state index contributed by atoms with van der Waals surface area (Å²) in [4.78, 5) is 10.6. The number of halogens is 3. The minimum Gasteiger partial charge on any atom is -0.455 e. The summed E-state index contributed by atoms with van der Waals surface area (Å²) in [5, 5.41) is -4.50. The number of alkyl halides is 2. The molecule has 2 rings (SSSR count). The molecule has 2 aromatic rings. The molecule has 5 nitrogen and oxygen atoms in total. The third-order valence-electron chi connectivity index (χ3n) is 4.00. The maximum Gasteiger partial charge on any atom is 0.402 e. The molecule has 0 spiro atoms. The minimum absolute atomic E-state index is 0.156. The molecule has 0 atom stereocenters. The average molecular weight is 566 g/mol. The summed E-state index contributed by atoms with van der Waals surface area (Å²) >= 11 is 2.41. The van der Waals surface area contributed by atoms with Crippen LogP contribution in [0.1, 0.15) is 33.3 Å². The molecule has 0 fully saturated rings. The van der Waals surface area contributed by atoms with E-state index in [9.17, 15) is 22.0 Å². The molecule has 0 aliphatic rings. The van der Waals surface area contributed by atoms with E-state index in [4.69, 9.17) is 4.55 Å². The summed E-state index contributed by atoms with van der Waals surface area (Å²) in [6.45, 7) is 9.35. The summed E-state index contributed by atoms with van der Waals surface area (Å²) in [5.41, 5.74) is 4.11. The van der Waals surface area contributed by atoms with Gasteiger partial charge in [0.25, 0.3) is 0 Å². The molecule has 0 amide bonds. The lowest BCUT2D eigenvalue weighted by atomic mass is 9.82. The maximum atomic E-state index is 12.4. The summed E-state index contributed by atoms with van der Waals surface area (Å²) in [6.07, 6.45) is 0. The third-order valence-corrected chi connectivity index (χ3v) is 5.81. The Bertz CT molecular complexity index is 1040. The number of carbonyl (C=O) groups is 1. The van der Waals surface area contributed by atoms with Crippen LogP contribution in [0, 0.1) is 3.57 Å². The second kappa shape index (κ2) is 10.6. The molecule has 0 bridgehead atoms. The molecule has 0 aliphatic heterocycles. The van der Waals surface area contributed by atoms with Gasteiger partial charge in [0, 0.05) is 9.14 Å². The average Bonchev–Trinajstić information content (AvgIpc) is 2.65. The van der Waals surface area contributed by atoms with Gasteiger partial charge in [-0.15, -0.1) is 0 Å². The predicted molar refractivity (Wildman–Crippen MR) is 126 cm³/mol. The van der Waals surface area contributed by atoms with Crippen LogP contribution >= 0.6 is 22.6 Å². The first-order valence-corrected chi connectivity index (χ1v) is 11.6. The van der Waals surface area contributed by atoms with Crippen molar-refractivity contribution in [2.75, 3.05) is 6.61 Å². The monoisotopic (exact) mass is 566 g/mol. The van der Waals surface area contributed by atoms with Crippen molar-refractivity contribution in [1.29, 1.82) is 0 Å². The van der Waals surface area contributed by atoms with Crippen LogP contribution in [0.2, 0.25) is 0 Å². The molecule has 0 aliphatic carbocycles. The SMILES string of the molecule is C=C(C)C(=O)OCC(F)(F)S(=O)(=O)O.CC(C)(C)c1ccccc1-c1ccccc1I. The van der Waals surface area contributed by atoms with Gasteiger partial charge in [0.2, 0.25) is 0 Å². The Morgan fingerprint density at radius 1 is 1.06 bits per heavy atom. The van der Waals surface area contributed by atoms with E-state index in [-0.39, 0.29) is 11.0 Å². The maximum absolute atomic E-state index is 12.4. The second-order valence-corrected chi connectivity index (χ2v) is 10.5. The lowest BCUT2D eigenvalue weighted by Gasteiger charge is -2.23. The zero-order chi connectivity index (χ0) is 24.0. The van der Waals surface area contributed by atoms with E-state index in [1.807, 2.05) is 0 Å². The quantitative estimate of drug-likeness (QED) is 0.213. The molecule has 0 aromatic heterocycles. The fourth-order valence-corrected chi connectivity index (χ4v) is 3.28. The van der Waals surface area contributed by atoms with Gasteiger partial charge in [0.15, 0.2) is 6.61 Å². The van der Waals surface area contributed by atoms with E-state index in [0.717, 1.165) is 0 Å². The van der Waals surface area contributed by atoms with Crippen LogP contribution in [0.4, 0.5) is 8.78 Å². The molecule has 2 aromatic carbocycles. The van der Waals surface area contributed by atoms with Gasteiger partial charge >= 0.3 is 21.3 Å².